The second kappa shape index (κ2) is 12.1. The van der Waals surface area contributed by atoms with E-state index in [4.69, 9.17) is 16.3 Å². The lowest BCUT2D eigenvalue weighted by molar-refractivity contribution is -0.143. The number of halogens is 1. The van der Waals surface area contributed by atoms with Crippen molar-refractivity contribution in [2.45, 2.75) is 45.3 Å². The molecule has 0 aliphatic rings. The first kappa shape index (κ1) is 27.2. The van der Waals surface area contributed by atoms with Crippen LogP contribution in [0.15, 0.2) is 97.1 Å². The fourth-order valence-electron chi connectivity index (χ4n) is 4.36. The fraction of sp³-hybridized carbons (Fsp3) is 0.250. The molecule has 2 amide bonds. The average molecular weight is 529 g/mol. The largest absolute Gasteiger partial charge is 0.483 e. The third kappa shape index (κ3) is 7.14. The molecule has 0 aliphatic heterocycles. The van der Waals surface area contributed by atoms with E-state index in [1.54, 1.807) is 11.0 Å². The average Bonchev–Trinajstić information content (AvgIpc) is 2.90. The first-order valence-electron chi connectivity index (χ1n) is 12.7. The smallest absolute Gasteiger partial charge is 0.261 e. The molecule has 38 heavy (non-hydrogen) atoms. The molecular weight excluding hydrogens is 496 g/mol. The topological polar surface area (TPSA) is 58.6 Å². The summed E-state index contributed by atoms with van der Waals surface area (Å²) >= 11 is 6.49. The molecule has 4 aromatic carbocycles. The van der Waals surface area contributed by atoms with E-state index in [0.717, 1.165) is 21.9 Å². The van der Waals surface area contributed by atoms with Crippen molar-refractivity contribution < 1.29 is 14.3 Å². The molecule has 0 bridgehead atoms. The monoisotopic (exact) mass is 528 g/mol. The van der Waals surface area contributed by atoms with Gasteiger partial charge in [0.25, 0.3) is 5.91 Å². The number of rotatable bonds is 9. The summed E-state index contributed by atoms with van der Waals surface area (Å²) in [6.07, 6.45) is 0.354. The van der Waals surface area contributed by atoms with Crippen LogP contribution in [0.1, 0.15) is 31.9 Å². The van der Waals surface area contributed by atoms with Gasteiger partial charge in [-0.1, -0.05) is 96.5 Å². The summed E-state index contributed by atoms with van der Waals surface area (Å²) in [6, 6.07) is 29.9. The number of benzene rings is 4. The molecular formula is C32H33ClN2O3. The van der Waals surface area contributed by atoms with Crippen molar-refractivity contribution in [1.29, 1.82) is 0 Å². The molecule has 0 saturated heterocycles. The second-order valence-electron chi connectivity index (χ2n) is 10.3. The van der Waals surface area contributed by atoms with Gasteiger partial charge in [0, 0.05) is 28.9 Å². The minimum absolute atomic E-state index is 0.173. The number of carbonyl (C=O) groups excluding carboxylic acids is 2. The number of ether oxygens (including phenoxy) is 1. The molecule has 4 rings (SSSR count). The highest BCUT2D eigenvalue weighted by Gasteiger charge is 2.32. The summed E-state index contributed by atoms with van der Waals surface area (Å²) in [7, 11) is 0. The van der Waals surface area contributed by atoms with Gasteiger partial charge >= 0.3 is 0 Å². The zero-order chi connectivity index (χ0) is 27.1. The molecule has 1 N–H and O–H groups in total. The van der Waals surface area contributed by atoms with Gasteiger partial charge in [0.1, 0.15) is 11.8 Å². The SMILES string of the molecule is CC(C)(C)NC(=O)[C@H](Cc1ccccc1)N(Cc1ccccc1Cl)C(=O)COc1cccc2ccccc12. The zero-order valence-electron chi connectivity index (χ0n) is 22.0. The summed E-state index contributed by atoms with van der Waals surface area (Å²) in [4.78, 5) is 29.1. The Morgan fingerprint density at radius 2 is 1.53 bits per heavy atom. The molecule has 0 heterocycles. The van der Waals surface area contributed by atoms with Gasteiger partial charge in [-0.15, -0.1) is 0 Å². The van der Waals surface area contributed by atoms with Crippen LogP contribution in [0.4, 0.5) is 0 Å². The highest BCUT2D eigenvalue weighted by atomic mass is 35.5. The van der Waals surface area contributed by atoms with Gasteiger partial charge in [-0.3, -0.25) is 9.59 Å². The van der Waals surface area contributed by atoms with Gasteiger partial charge in [0.05, 0.1) is 0 Å². The van der Waals surface area contributed by atoms with Crippen molar-refractivity contribution in [2.24, 2.45) is 0 Å². The van der Waals surface area contributed by atoms with E-state index in [2.05, 4.69) is 5.32 Å². The predicted molar refractivity (Wildman–Crippen MR) is 153 cm³/mol. The van der Waals surface area contributed by atoms with Crippen LogP contribution >= 0.6 is 11.6 Å². The Bertz CT molecular complexity index is 1390. The quantitative estimate of drug-likeness (QED) is 0.272. The minimum atomic E-state index is -0.767. The van der Waals surface area contributed by atoms with Gasteiger partial charge < -0.3 is 15.0 Å². The molecule has 0 saturated carbocycles. The molecule has 4 aromatic rings. The Kier molecular flexibility index (Phi) is 8.70. The van der Waals surface area contributed by atoms with E-state index < -0.39 is 11.6 Å². The Labute approximate surface area is 229 Å². The molecule has 0 unspecified atom stereocenters. The van der Waals surface area contributed by atoms with Gasteiger partial charge in [0.15, 0.2) is 6.61 Å². The number of fused-ring (bicyclic) bond motifs is 1. The van der Waals surface area contributed by atoms with Crippen molar-refractivity contribution in [2.75, 3.05) is 6.61 Å². The number of carbonyl (C=O) groups is 2. The molecule has 0 spiro atoms. The van der Waals surface area contributed by atoms with Crippen LogP contribution in [-0.4, -0.2) is 34.9 Å². The van der Waals surface area contributed by atoms with Gasteiger partial charge in [-0.2, -0.15) is 0 Å². The molecule has 0 radical (unpaired) electrons. The van der Waals surface area contributed by atoms with Gasteiger partial charge in [-0.25, -0.2) is 0 Å². The first-order chi connectivity index (χ1) is 18.2. The standard InChI is InChI=1S/C32H33ClN2O3/c1-32(2,3)34-31(37)28(20-23-12-5-4-6-13-23)35(21-25-15-8-10-18-27(25)33)30(36)22-38-29-19-11-16-24-14-7-9-17-26(24)29/h4-19,28H,20-22H2,1-3H3,(H,34,37)/t28-/m0/s1. The van der Waals surface area contributed by atoms with Crippen molar-refractivity contribution in [3.05, 3.63) is 113 Å². The van der Waals surface area contributed by atoms with Crippen LogP contribution in [-0.2, 0) is 22.6 Å². The van der Waals surface area contributed by atoms with Gasteiger partial charge in [0.2, 0.25) is 5.91 Å². The Balaban J connectivity index is 1.67. The number of hydrogen-bond acceptors (Lipinski definition) is 3. The van der Waals surface area contributed by atoms with Crippen LogP contribution < -0.4 is 10.1 Å². The van der Waals surface area contributed by atoms with Crippen LogP contribution in [0.25, 0.3) is 10.8 Å². The highest BCUT2D eigenvalue weighted by Crippen LogP contribution is 2.26. The normalized spacial score (nSPS) is 12.1. The molecule has 0 fully saturated rings. The maximum Gasteiger partial charge on any atom is 0.261 e. The summed E-state index contributed by atoms with van der Waals surface area (Å²) in [5.41, 5.74) is 1.24. The molecule has 6 heteroatoms. The molecule has 1 atom stereocenters. The first-order valence-corrected chi connectivity index (χ1v) is 13.1. The lowest BCUT2D eigenvalue weighted by Crippen LogP contribution is -2.55. The van der Waals surface area contributed by atoms with E-state index in [1.165, 1.54) is 0 Å². The number of nitrogens with one attached hydrogen (secondary N) is 1. The molecule has 5 nitrogen and oxygen atoms in total. The Hall–Kier alpha value is -3.83. The summed E-state index contributed by atoms with van der Waals surface area (Å²) in [6.45, 7) is 5.73. The lowest BCUT2D eigenvalue weighted by Gasteiger charge is -2.34. The third-order valence-electron chi connectivity index (χ3n) is 6.17. The molecule has 196 valence electrons. The van der Waals surface area contributed by atoms with Gasteiger partial charge in [-0.05, 0) is 49.4 Å². The summed E-state index contributed by atoms with van der Waals surface area (Å²) in [5, 5.41) is 5.55. The van der Waals surface area contributed by atoms with E-state index in [0.29, 0.717) is 17.2 Å². The minimum Gasteiger partial charge on any atom is -0.483 e. The number of amides is 2. The maximum absolute atomic E-state index is 13.8. The molecule has 0 aromatic heterocycles. The predicted octanol–water partition coefficient (Wildman–Crippen LogP) is 6.43. The second-order valence-corrected chi connectivity index (χ2v) is 10.7. The highest BCUT2D eigenvalue weighted by molar-refractivity contribution is 6.31. The van der Waals surface area contributed by atoms with Crippen molar-refractivity contribution >= 4 is 34.2 Å². The summed E-state index contributed by atoms with van der Waals surface area (Å²) < 4.78 is 6.06. The van der Waals surface area contributed by atoms with Crippen molar-refractivity contribution in [1.82, 2.24) is 10.2 Å². The lowest BCUT2D eigenvalue weighted by atomic mass is 10.0. The fourth-order valence-corrected chi connectivity index (χ4v) is 4.56. The van der Waals surface area contributed by atoms with Crippen molar-refractivity contribution in [3.8, 4) is 5.75 Å². The van der Waals surface area contributed by atoms with E-state index >= 15 is 0 Å². The van der Waals surface area contributed by atoms with Crippen LogP contribution in [0.5, 0.6) is 5.75 Å². The van der Waals surface area contributed by atoms with E-state index in [-0.39, 0.29) is 25.0 Å². The molecule has 0 aliphatic carbocycles. The maximum atomic E-state index is 13.8. The number of hydrogen-bond donors (Lipinski definition) is 1. The number of nitrogens with zero attached hydrogens (tertiary/aromatic N) is 1. The van der Waals surface area contributed by atoms with Crippen molar-refractivity contribution in [3.63, 3.8) is 0 Å². The van der Waals surface area contributed by atoms with E-state index in [1.807, 2.05) is 112 Å². The van der Waals surface area contributed by atoms with E-state index in [9.17, 15) is 9.59 Å². The Morgan fingerprint density at radius 3 is 2.26 bits per heavy atom. The van der Waals surface area contributed by atoms with Crippen LogP contribution in [0.3, 0.4) is 0 Å². The van der Waals surface area contributed by atoms with Crippen LogP contribution in [0, 0.1) is 0 Å². The Morgan fingerprint density at radius 1 is 0.868 bits per heavy atom. The van der Waals surface area contributed by atoms with Crippen LogP contribution in [0.2, 0.25) is 5.02 Å². The zero-order valence-corrected chi connectivity index (χ0v) is 22.7. The summed E-state index contributed by atoms with van der Waals surface area (Å²) in [5.74, 6) is 0.0858. The third-order valence-corrected chi connectivity index (χ3v) is 6.54.